The molecule has 0 heterocycles. The molecule has 3 N–H and O–H groups in total. The maximum Gasteiger partial charge on any atom is 0.314 e. The zero-order chi connectivity index (χ0) is 15.1. The third-order valence-electron chi connectivity index (χ3n) is 4.68. The van der Waals surface area contributed by atoms with E-state index in [9.17, 15) is 14.7 Å². The first-order valence-electron chi connectivity index (χ1n) is 8.06. The van der Waals surface area contributed by atoms with Crippen LogP contribution < -0.4 is 10.6 Å². The average Bonchev–Trinajstić information content (AvgIpc) is 2.52. The molecule has 2 amide bonds. The molecule has 2 rings (SSSR count). The number of urea groups is 1. The maximum absolute atomic E-state index is 11.8. The van der Waals surface area contributed by atoms with Crippen LogP contribution in [0, 0.1) is 17.8 Å². The molecule has 0 saturated heterocycles. The highest BCUT2D eigenvalue weighted by molar-refractivity contribution is 5.74. The predicted octanol–water partition coefficient (Wildman–Crippen LogP) is 2.53. The Morgan fingerprint density at radius 3 is 2.52 bits per heavy atom. The topological polar surface area (TPSA) is 78.4 Å². The van der Waals surface area contributed by atoms with Gasteiger partial charge in [-0.25, -0.2) is 4.79 Å². The van der Waals surface area contributed by atoms with Crippen molar-refractivity contribution in [3.05, 3.63) is 12.2 Å². The van der Waals surface area contributed by atoms with Gasteiger partial charge >= 0.3 is 12.0 Å². The van der Waals surface area contributed by atoms with Gasteiger partial charge in [0.25, 0.3) is 0 Å². The Kier molecular flexibility index (Phi) is 6.08. The van der Waals surface area contributed by atoms with Gasteiger partial charge in [0.2, 0.25) is 0 Å². The van der Waals surface area contributed by atoms with Crippen LogP contribution in [0.3, 0.4) is 0 Å². The van der Waals surface area contributed by atoms with Crippen LogP contribution in [-0.2, 0) is 4.79 Å². The van der Waals surface area contributed by atoms with Crippen molar-refractivity contribution in [2.45, 2.75) is 44.9 Å². The Labute approximate surface area is 126 Å². The number of hydrogen-bond acceptors (Lipinski definition) is 2. The number of rotatable bonds is 5. The van der Waals surface area contributed by atoms with Crippen molar-refractivity contribution in [1.82, 2.24) is 10.6 Å². The number of carbonyl (C=O) groups excluding carboxylic acids is 1. The summed E-state index contributed by atoms with van der Waals surface area (Å²) in [6.07, 6.45) is 11.3. The van der Waals surface area contributed by atoms with Crippen molar-refractivity contribution >= 4 is 12.0 Å². The molecule has 5 heteroatoms. The summed E-state index contributed by atoms with van der Waals surface area (Å²) in [5.74, 6) is -0.430. The summed E-state index contributed by atoms with van der Waals surface area (Å²) in [5, 5.41) is 15.0. The predicted molar refractivity (Wildman–Crippen MR) is 81.0 cm³/mol. The number of hydrogen-bond donors (Lipinski definition) is 3. The molecule has 118 valence electrons. The first kappa shape index (κ1) is 15.9. The van der Waals surface area contributed by atoms with Crippen LogP contribution in [0.1, 0.15) is 44.9 Å². The van der Waals surface area contributed by atoms with Gasteiger partial charge in [-0.2, -0.15) is 0 Å². The monoisotopic (exact) mass is 294 g/mol. The molecule has 0 spiro atoms. The Bertz CT molecular complexity index is 395. The van der Waals surface area contributed by atoms with E-state index in [1.165, 1.54) is 0 Å². The second kappa shape index (κ2) is 8.05. The first-order chi connectivity index (χ1) is 10.2. The highest BCUT2D eigenvalue weighted by Crippen LogP contribution is 2.29. The number of amides is 2. The van der Waals surface area contributed by atoms with Gasteiger partial charge in [0.15, 0.2) is 0 Å². The third-order valence-corrected chi connectivity index (χ3v) is 4.68. The fourth-order valence-electron chi connectivity index (χ4n) is 3.34. The standard InChI is InChI=1S/C16H26N2O3/c19-15(20)14-9-5-4-8-13(14)11-18-16(21)17-10-12-6-2-1-3-7-12/h1-2,12-14H,3-11H2,(H,19,20)(H2,17,18,21). The molecule has 1 fully saturated rings. The quantitative estimate of drug-likeness (QED) is 0.682. The van der Waals surface area contributed by atoms with Crippen molar-refractivity contribution in [2.75, 3.05) is 13.1 Å². The van der Waals surface area contributed by atoms with E-state index in [1.807, 2.05) is 0 Å². The van der Waals surface area contributed by atoms with E-state index in [1.54, 1.807) is 0 Å². The summed E-state index contributed by atoms with van der Waals surface area (Å²) in [7, 11) is 0. The summed E-state index contributed by atoms with van der Waals surface area (Å²) < 4.78 is 0. The van der Waals surface area contributed by atoms with E-state index in [0.717, 1.165) is 44.9 Å². The molecule has 0 aromatic carbocycles. The fourth-order valence-corrected chi connectivity index (χ4v) is 3.34. The summed E-state index contributed by atoms with van der Waals surface area (Å²) >= 11 is 0. The molecule has 0 aliphatic heterocycles. The van der Waals surface area contributed by atoms with Crippen molar-refractivity contribution < 1.29 is 14.7 Å². The third kappa shape index (κ3) is 5.06. The van der Waals surface area contributed by atoms with Crippen LogP contribution in [0.2, 0.25) is 0 Å². The zero-order valence-corrected chi connectivity index (χ0v) is 12.5. The van der Waals surface area contributed by atoms with E-state index in [4.69, 9.17) is 0 Å². The lowest BCUT2D eigenvalue weighted by Crippen LogP contribution is -2.43. The molecule has 21 heavy (non-hydrogen) atoms. The minimum atomic E-state index is -0.726. The number of carboxylic acids is 1. The molecule has 3 unspecified atom stereocenters. The largest absolute Gasteiger partial charge is 0.481 e. The van der Waals surface area contributed by atoms with Crippen molar-refractivity contribution in [1.29, 1.82) is 0 Å². The normalized spacial score (nSPS) is 28.9. The Morgan fingerprint density at radius 2 is 1.81 bits per heavy atom. The molecule has 3 atom stereocenters. The van der Waals surface area contributed by atoms with Gasteiger partial charge in [-0.05, 0) is 43.9 Å². The van der Waals surface area contributed by atoms with Gasteiger partial charge in [-0.15, -0.1) is 0 Å². The van der Waals surface area contributed by atoms with Crippen molar-refractivity contribution in [3.63, 3.8) is 0 Å². The number of nitrogens with one attached hydrogen (secondary N) is 2. The Morgan fingerprint density at radius 1 is 1.05 bits per heavy atom. The van der Waals surface area contributed by atoms with E-state index < -0.39 is 5.97 Å². The van der Waals surface area contributed by atoms with E-state index in [2.05, 4.69) is 22.8 Å². The second-order valence-electron chi connectivity index (χ2n) is 6.23. The summed E-state index contributed by atoms with van der Waals surface area (Å²) in [6.45, 7) is 1.16. The van der Waals surface area contributed by atoms with Crippen LogP contribution in [0.5, 0.6) is 0 Å². The molecule has 0 bridgehead atoms. The van der Waals surface area contributed by atoms with Gasteiger partial charge in [0.05, 0.1) is 5.92 Å². The highest BCUT2D eigenvalue weighted by Gasteiger charge is 2.30. The van der Waals surface area contributed by atoms with Gasteiger partial charge in [-0.3, -0.25) is 4.79 Å². The lowest BCUT2D eigenvalue weighted by atomic mass is 9.79. The molecule has 1 saturated carbocycles. The number of carbonyl (C=O) groups is 2. The summed E-state index contributed by atoms with van der Waals surface area (Å²) in [4.78, 5) is 23.0. The zero-order valence-electron chi connectivity index (χ0n) is 12.5. The van der Waals surface area contributed by atoms with Gasteiger partial charge in [0, 0.05) is 13.1 Å². The molecular formula is C16H26N2O3. The van der Waals surface area contributed by atoms with Crippen molar-refractivity contribution in [2.24, 2.45) is 17.8 Å². The maximum atomic E-state index is 11.8. The minimum absolute atomic E-state index is 0.0691. The van der Waals surface area contributed by atoms with E-state index in [0.29, 0.717) is 19.0 Å². The van der Waals surface area contributed by atoms with Crippen LogP contribution in [0.25, 0.3) is 0 Å². The fraction of sp³-hybridized carbons (Fsp3) is 0.750. The molecule has 0 radical (unpaired) electrons. The Hall–Kier alpha value is -1.52. The SMILES string of the molecule is O=C(NCC1CC=CCC1)NCC1CCCCC1C(=O)O. The molecule has 0 aromatic rings. The molecule has 0 aromatic heterocycles. The molecule has 2 aliphatic rings. The smallest absolute Gasteiger partial charge is 0.314 e. The first-order valence-corrected chi connectivity index (χ1v) is 8.06. The summed E-state index contributed by atoms with van der Waals surface area (Å²) in [6, 6.07) is -0.167. The van der Waals surface area contributed by atoms with E-state index in [-0.39, 0.29) is 17.9 Å². The van der Waals surface area contributed by atoms with Crippen LogP contribution in [-0.4, -0.2) is 30.2 Å². The van der Waals surface area contributed by atoms with Crippen LogP contribution in [0.4, 0.5) is 4.79 Å². The average molecular weight is 294 g/mol. The lowest BCUT2D eigenvalue weighted by molar-refractivity contribution is -0.144. The number of allylic oxidation sites excluding steroid dienone is 2. The Balaban J connectivity index is 1.67. The highest BCUT2D eigenvalue weighted by atomic mass is 16.4. The van der Waals surface area contributed by atoms with Crippen molar-refractivity contribution in [3.8, 4) is 0 Å². The minimum Gasteiger partial charge on any atom is -0.481 e. The molecule has 5 nitrogen and oxygen atoms in total. The molecule has 2 aliphatic carbocycles. The van der Waals surface area contributed by atoms with E-state index >= 15 is 0 Å². The number of aliphatic carboxylic acids is 1. The van der Waals surface area contributed by atoms with Crippen LogP contribution >= 0.6 is 0 Å². The summed E-state index contributed by atoms with van der Waals surface area (Å²) in [5.41, 5.74) is 0. The van der Waals surface area contributed by atoms with Crippen LogP contribution in [0.15, 0.2) is 12.2 Å². The molecular weight excluding hydrogens is 268 g/mol. The van der Waals surface area contributed by atoms with Gasteiger partial charge in [0.1, 0.15) is 0 Å². The lowest BCUT2D eigenvalue weighted by Gasteiger charge is -2.28. The van der Waals surface area contributed by atoms with Gasteiger partial charge < -0.3 is 15.7 Å². The second-order valence-corrected chi connectivity index (χ2v) is 6.23. The number of carboxylic acid groups (broad SMARTS) is 1. The van der Waals surface area contributed by atoms with Gasteiger partial charge in [-0.1, -0.05) is 25.0 Å².